The second kappa shape index (κ2) is 7.95. The molecule has 4 nitrogen and oxygen atoms in total. The van der Waals surface area contributed by atoms with Gasteiger partial charge in [-0.15, -0.1) is 0 Å². The zero-order valence-electron chi connectivity index (χ0n) is 14.2. The number of para-hydroxylation sites is 1. The molecule has 1 unspecified atom stereocenters. The summed E-state index contributed by atoms with van der Waals surface area (Å²) in [5.41, 5.74) is 1.10. The highest BCUT2D eigenvalue weighted by molar-refractivity contribution is 5.46. The van der Waals surface area contributed by atoms with Gasteiger partial charge in [0, 0.05) is 31.9 Å². The van der Waals surface area contributed by atoms with Gasteiger partial charge in [0.15, 0.2) is 0 Å². The van der Waals surface area contributed by atoms with Gasteiger partial charge in [0.2, 0.25) is 0 Å². The van der Waals surface area contributed by atoms with E-state index in [1.807, 2.05) is 20.8 Å². The molecule has 1 N–H and O–H groups in total. The number of aliphatic hydroxyl groups excluding tert-OH is 1. The number of hydrogen-bond donors (Lipinski definition) is 1. The molecule has 0 amide bonds. The van der Waals surface area contributed by atoms with Crippen molar-refractivity contribution >= 4 is 5.69 Å². The molecule has 0 aliphatic carbocycles. The molecule has 1 aromatic rings. The predicted molar refractivity (Wildman–Crippen MR) is 91.4 cm³/mol. The Labute approximate surface area is 134 Å². The second-order valence-corrected chi connectivity index (χ2v) is 7.05. The van der Waals surface area contributed by atoms with E-state index in [0.29, 0.717) is 13.2 Å². The van der Waals surface area contributed by atoms with Crippen molar-refractivity contribution in [3.05, 3.63) is 30.3 Å². The van der Waals surface area contributed by atoms with Crippen LogP contribution in [-0.2, 0) is 4.74 Å². The van der Waals surface area contributed by atoms with Gasteiger partial charge >= 0.3 is 0 Å². The summed E-state index contributed by atoms with van der Waals surface area (Å²) in [6, 6.07) is 10.6. The first-order chi connectivity index (χ1) is 10.4. The topological polar surface area (TPSA) is 35.9 Å². The molecule has 1 aliphatic heterocycles. The summed E-state index contributed by atoms with van der Waals surface area (Å²) in [6.45, 7) is 11.3. The zero-order chi connectivity index (χ0) is 16.0. The van der Waals surface area contributed by atoms with Gasteiger partial charge in [0.05, 0.1) is 18.3 Å². The van der Waals surface area contributed by atoms with E-state index in [1.165, 1.54) is 5.69 Å². The van der Waals surface area contributed by atoms with Crippen molar-refractivity contribution < 1.29 is 9.84 Å². The SMILES string of the molecule is CC(C)(C)OCC(O)CN1CCCN(c2ccccc2)CC1. The molecule has 1 aromatic carbocycles. The Morgan fingerprint density at radius 1 is 1.09 bits per heavy atom. The molecule has 1 atom stereocenters. The highest BCUT2D eigenvalue weighted by atomic mass is 16.5. The predicted octanol–water partition coefficient (Wildman–Crippen LogP) is 2.37. The fourth-order valence-electron chi connectivity index (χ4n) is 2.75. The minimum Gasteiger partial charge on any atom is -0.389 e. The molecule has 0 radical (unpaired) electrons. The van der Waals surface area contributed by atoms with E-state index in [4.69, 9.17) is 4.74 Å². The van der Waals surface area contributed by atoms with Crippen LogP contribution in [0.25, 0.3) is 0 Å². The first kappa shape index (κ1) is 17.3. The third-order valence-electron chi connectivity index (χ3n) is 3.89. The van der Waals surface area contributed by atoms with Crippen LogP contribution in [0.3, 0.4) is 0 Å². The molecule has 0 saturated carbocycles. The van der Waals surface area contributed by atoms with E-state index in [0.717, 1.165) is 32.6 Å². The maximum absolute atomic E-state index is 10.2. The molecule has 0 spiro atoms. The first-order valence-electron chi connectivity index (χ1n) is 8.28. The number of nitrogens with zero attached hydrogens (tertiary/aromatic N) is 2. The Morgan fingerprint density at radius 2 is 1.82 bits per heavy atom. The average Bonchev–Trinajstić information content (AvgIpc) is 2.71. The van der Waals surface area contributed by atoms with Crippen LogP contribution in [0.4, 0.5) is 5.69 Å². The molecular weight excluding hydrogens is 276 g/mol. The van der Waals surface area contributed by atoms with Crippen LogP contribution in [0.5, 0.6) is 0 Å². The molecule has 4 heteroatoms. The van der Waals surface area contributed by atoms with Gasteiger partial charge in [0.1, 0.15) is 0 Å². The summed E-state index contributed by atoms with van der Waals surface area (Å²) in [6.07, 6.45) is 0.712. The lowest BCUT2D eigenvalue weighted by atomic mass is 10.2. The van der Waals surface area contributed by atoms with Crippen molar-refractivity contribution in [3.63, 3.8) is 0 Å². The Morgan fingerprint density at radius 3 is 2.50 bits per heavy atom. The van der Waals surface area contributed by atoms with Crippen LogP contribution in [0.15, 0.2) is 30.3 Å². The number of anilines is 1. The summed E-state index contributed by atoms with van der Waals surface area (Å²) in [4.78, 5) is 4.78. The van der Waals surface area contributed by atoms with Gasteiger partial charge in [-0.25, -0.2) is 0 Å². The number of β-amino-alcohol motifs (C(OH)–C–C–N with tert-alkyl or cyclic N) is 1. The van der Waals surface area contributed by atoms with Gasteiger partial charge in [0.25, 0.3) is 0 Å². The zero-order valence-corrected chi connectivity index (χ0v) is 14.2. The van der Waals surface area contributed by atoms with Crippen LogP contribution in [0.1, 0.15) is 27.2 Å². The van der Waals surface area contributed by atoms with Gasteiger partial charge < -0.3 is 14.7 Å². The van der Waals surface area contributed by atoms with Crippen molar-refractivity contribution in [2.24, 2.45) is 0 Å². The molecule has 22 heavy (non-hydrogen) atoms. The van der Waals surface area contributed by atoms with Crippen LogP contribution in [-0.4, -0.2) is 61.0 Å². The number of ether oxygens (including phenoxy) is 1. The van der Waals surface area contributed by atoms with Gasteiger partial charge in [-0.05, 0) is 45.9 Å². The molecule has 1 saturated heterocycles. The number of aliphatic hydroxyl groups is 1. The van der Waals surface area contributed by atoms with Gasteiger partial charge in [-0.1, -0.05) is 18.2 Å². The molecule has 2 rings (SSSR count). The monoisotopic (exact) mass is 306 g/mol. The Hall–Kier alpha value is -1.10. The van der Waals surface area contributed by atoms with Crippen LogP contribution in [0.2, 0.25) is 0 Å². The lowest BCUT2D eigenvalue weighted by molar-refractivity contribution is -0.0557. The number of hydrogen-bond acceptors (Lipinski definition) is 4. The number of benzene rings is 1. The first-order valence-corrected chi connectivity index (χ1v) is 8.28. The summed E-state index contributed by atoms with van der Waals surface area (Å²) in [5, 5.41) is 10.2. The second-order valence-electron chi connectivity index (χ2n) is 7.05. The molecule has 124 valence electrons. The largest absolute Gasteiger partial charge is 0.389 e. The molecule has 0 bridgehead atoms. The van der Waals surface area contributed by atoms with Crippen molar-refractivity contribution in [2.45, 2.75) is 38.9 Å². The van der Waals surface area contributed by atoms with Crippen molar-refractivity contribution in [3.8, 4) is 0 Å². The molecule has 0 aromatic heterocycles. The van der Waals surface area contributed by atoms with Crippen LogP contribution < -0.4 is 4.90 Å². The average molecular weight is 306 g/mol. The van der Waals surface area contributed by atoms with Gasteiger partial charge in [-0.3, -0.25) is 4.90 Å². The Bertz CT molecular complexity index is 430. The van der Waals surface area contributed by atoms with E-state index in [9.17, 15) is 5.11 Å². The molecule has 1 fully saturated rings. The van der Waals surface area contributed by atoms with Crippen LogP contribution in [0, 0.1) is 0 Å². The highest BCUT2D eigenvalue weighted by Crippen LogP contribution is 2.16. The maximum atomic E-state index is 10.2. The quantitative estimate of drug-likeness (QED) is 0.906. The van der Waals surface area contributed by atoms with Crippen molar-refractivity contribution in [2.75, 3.05) is 44.2 Å². The van der Waals surface area contributed by atoms with Crippen molar-refractivity contribution in [1.29, 1.82) is 0 Å². The number of rotatable bonds is 5. The lowest BCUT2D eigenvalue weighted by Gasteiger charge is -2.27. The van der Waals surface area contributed by atoms with E-state index in [-0.39, 0.29) is 5.60 Å². The Kier molecular flexibility index (Phi) is 6.24. The van der Waals surface area contributed by atoms with Gasteiger partial charge in [-0.2, -0.15) is 0 Å². The standard InChI is InChI=1S/C18H30N2O2/c1-18(2,3)22-15-17(21)14-19-10-7-11-20(13-12-19)16-8-5-4-6-9-16/h4-6,8-9,17,21H,7,10-15H2,1-3H3. The summed E-state index contributed by atoms with van der Waals surface area (Å²) < 4.78 is 5.67. The molecule has 1 aliphatic rings. The highest BCUT2D eigenvalue weighted by Gasteiger charge is 2.19. The third-order valence-corrected chi connectivity index (χ3v) is 3.89. The van der Waals surface area contributed by atoms with Crippen molar-refractivity contribution in [1.82, 2.24) is 4.90 Å². The molecular formula is C18H30N2O2. The third kappa shape index (κ3) is 5.95. The Balaban J connectivity index is 1.78. The minimum absolute atomic E-state index is 0.191. The fraction of sp³-hybridized carbons (Fsp3) is 0.667. The normalized spacial score (nSPS) is 19.0. The summed E-state index contributed by atoms with van der Waals surface area (Å²) in [7, 11) is 0. The maximum Gasteiger partial charge on any atom is 0.0900 e. The van der Waals surface area contributed by atoms with E-state index in [1.54, 1.807) is 0 Å². The smallest absolute Gasteiger partial charge is 0.0900 e. The van der Waals surface area contributed by atoms with Crippen LogP contribution >= 0.6 is 0 Å². The molecule has 1 heterocycles. The van der Waals surface area contributed by atoms with E-state index in [2.05, 4.69) is 40.1 Å². The summed E-state index contributed by atoms with van der Waals surface area (Å²) in [5.74, 6) is 0. The van der Waals surface area contributed by atoms with E-state index >= 15 is 0 Å². The summed E-state index contributed by atoms with van der Waals surface area (Å²) >= 11 is 0. The van der Waals surface area contributed by atoms with E-state index < -0.39 is 6.10 Å². The minimum atomic E-state index is -0.414. The lowest BCUT2D eigenvalue weighted by Crippen LogP contribution is -2.39. The fourth-order valence-corrected chi connectivity index (χ4v) is 2.75.